The molecule has 0 aliphatic carbocycles. The quantitative estimate of drug-likeness (QED) is 0.508. The number of esters is 2. The van der Waals surface area contributed by atoms with E-state index in [-0.39, 0.29) is 0 Å². The monoisotopic (exact) mass is 426 g/mol. The van der Waals surface area contributed by atoms with Gasteiger partial charge in [-0.15, -0.1) is 0 Å². The van der Waals surface area contributed by atoms with Gasteiger partial charge in [-0.05, 0) is 62.8 Å². The van der Waals surface area contributed by atoms with Crippen molar-refractivity contribution in [2.24, 2.45) is 5.92 Å². The fourth-order valence-corrected chi connectivity index (χ4v) is 4.23. The van der Waals surface area contributed by atoms with Crippen molar-refractivity contribution in [3.05, 3.63) is 58.1 Å². The molecular formula is C25H30O6. The Bertz CT molecular complexity index is 965. The molecule has 0 N–H and O–H groups in total. The number of carbonyl (C=O) groups excluding carboxylic acids is 2. The van der Waals surface area contributed by atoms with Crippen LogP contribution in [0, 0.1) is 26.7 Å². The van der Waals surface area contributed by atoms with Crippen molar-refractivity contribution in [1.29, 1.82) is 0 Å². The van der Waals surface area contributed by atoms with Gasteiger partial charge in [0.15, 0.2) is 5.92 Å². The van der Waals surface area contributed by atoms with E-state index in [0.29, 0.717) is 25.2 Å². The van der Waals surface area contributed by atoms with Crippen LogP contribution >= 0.6 is 0 Å². The Balaban J connectivity index is 1.96. The number of rotatable bonds is 6. The van der Waals surface area contributed by atoms with Crippen LogP contribution in [0.3, 0.4) is 0 Å². The highest BCUT2D eigenvalue weighted by atomic mass is 16.6. The van der Waals surface area contributed by atoms with Crippen LogP contribution in [0.5, 0.6) is 11.5 Å². The Kier molecular flexibility index (Phi) is 6.58. The third kappa shape index (κ3) is 4.24. The molecule has 0 amide bonds. The molecule has 0 spiro atoms. The lowest BCUT2D eigenvalue weighted by Crippen LogP contribution is -2.51. The van der Waals surface area contributed by atoms with E-state index < -0.39 is 23.5 Å². The highest BCUT2D eigenvalue weighted by molar-refractivity contribution is 5.96. The standard InChI is InChI=1S/C25H30O6/c1-15-16(2)22-19(17(3)21(15)30-14-18-10-8-7-9-11-18)12-13-25(4,31-22)20(23(26)28-5)24(27)29-6/h7-11,20H,12-14H2,1-6H3. The van der Waals surface area contributed by atoms with E-state index in [1.807, 2.05) is 51.1 Å². The predicted octanol–water partition coefficient (Wildman–Crippen LogP) is 4.24. The first-order valence-corrected chi connectivity index (χ1v) is 10.4. The lowest BCUT2D eigenvalue weighted by Gasteiger charge is -2.40. The Morgan fingerprint density at radius 1 is 1.00 bits per heavy atom. The summed E-state index contributed by atoms with van der Waals surface area (Å²) in [6, 6.07) is 10.0. The van der Waals surface area contributed by atoms with Crippen molar-refractivity contribution in [3.63, 3.8) is 0 Å². The number of hydrogen-bond acceptors (Lipinski definition) is 6. The molecule has 2 aromatic rings. The third-order valence-electron chi connectivity index (χ3n) is 6.23. The van der Waals surface area contributed by atoms with Gasteiger partial charge in [0.05, 0.1) is 14.2 Å². The average Bonchev–Trinajstić information content (AvgIpc) is 2.77. The number of fused-ring (bicyclic) bond motifs is 1. The summed E-state index contributed by atoms with van der Waals surface area (Å²) in [6.07, 6.45) is 1.11. The number of ether oxygens (including phenoxy) is 4. The minimum absolute atomic E-state index is 0.469. The second kappa shape index (κ2) is 9.00. The summed E-state index contributed by atoms with van der Waals surface area (Å²) in [5.74, 6) is -0.929. The van der Waals surface area contributed by atoms with E-state index in [0.717, 1.165) is 33.6 Å². The molecule has 6 nitrogen and oxygen atoms in total. The van der Waals surface area contributed by atoms with Crippen LogP contribution in [0.1, 0.15) is 41.2 Å². The van der Waals surface area contributed by atoms with Gasteiger partial charge in [-0.2, -0.15) is 0 Å². The first-order valence-electron chi connectivity index (χ1n) is 10.4. The largest absolute Gasteiger partial charge is 0.488 e. The molecule has 1 aliphatic heterocycles. The molecule has 3 rings (SSSR count). The number of methoxy groups -OCH3 is 2. The third-order valence-corrected chi connectivity index (χ3v) is 6.23. The second-order valence-electron chi connectivity index (χ2n) is 8.18. The van der Waals surface area contributed by atoms with Crippen LogP contribution in [0.25, 0.3) is 0 Å². The predicted molar refractivity (Wildman–Crippen MR) is 116 cm³/mol. The molecule has 2 aromatic carbocycles. The van der Waals surface area contributed by atoms with Gasteiger partial charge in [0.1, 0.15) is 23.7 Å². The zero-order chi connectivity index (χ0) is 22.8. The van der Waals surface area contributed by atoms with Gasteiger partial charge in [-0.1, -0.05) is 30.3 Å². The summed E-state index contributed by atoms with van der Waals surface area (Å²) < 4.78 is 22.3. The maximum atomic E-state index is 12.4. The summed E-state index contributed by atoms with van der Waals surface area (Å²) in [7, 11) is 2.52. The van der Waals surface area contributed by atoms with Crippen molar-refractivity contribution in [2.75, 3.05) is 14.2 Å². The van der Waals surface area contributed by atoms with Gasteiger partial charge in [0.2, 0.25) is 0 Å². The maximum Gasteiger partial charge on any atom is 0.324 e. The van der Waals surface area contributed by atoms with E-state index in [1.165, 1.54) is 14.2 Å². The van der Waals surface area contributed by atoms with Crippen molar-refractivity contribution in [2.45, 2.75) is 52.7 Å². The molecule has 1 unspecified atom stereocenters. The second-order valence-corrected chi connectivity index (χ2v) is 8.18. The molecule has 0 bridgehead atoms. The molecule has 0 radical (unpaired) electrons. The molecule has 1 aliphatic rings. The van der Waals surface area contributed by atoms with Gasteiger partial charge < -0.3 is 18.9 Å². The first-order chi connectivity index (χ1) is 14.7. The highest BCUT2D eigenvalue weighted by Crippen LogP contribution is 2.46. The fraction of sp³-hybridized carbons (Fsp3) is 0.440. The molecule has 6 heteroatoms. The lowest BCUT2D eigenvalue weighted by molar-refractivity contribution is -0.169. The van der Waals surface area contributed by atoms with Crippen LogP contribution in [-0.4, -0.2) is 31.8 Å². The Morgan fingerprint density at radius 2 is 1.61 bits per heavy atom. The first kappa shape index (κ1) is 22.7. The highest BCUT2D eigenvalue weighted by Gasteiger charge is 2.50. The molecule has 31 heavy (non-hydrogen) atoms. The topological polar surface area (TPSA) is 71.1 Å². The van der Waals surface area contributed by atoms with E-state index >= 15 is 0 Å². The van der Waals surface area contributed by atoms with Crippen LogP contribution in [0.15, 0.2) is 30.3 Å². The van der Waals surface area contributed by atoms with Crippen molar-refractivity contribution in [1.82, 2.24) is 0 Å². The van der Waals surface area contributed by atoms with Gasteiger partial charge in [0, 0.05) is 5.56 Å². The molecule has 1 atom stereocenters. The SMILES string of the molecule is COC(=O)C(C(=O)OC)C1(C)CCc2c(C)c(OCc3ccccc3)c(C)c(C)c2O1. The van der Waals surface area contributed by atoms with Crippen LogP contribution in [0.4, 0.5) is 0 Å². The van der Waals surface area contributed by atoms with E-state index in [1.54, 1.807) is 6.92 Å². The minimum Gasteiger partial charge on any atom is -0.488 e. The van der Waals surface area contributed by atoms with Gasteiger partial charge >= 0.3 is 11.9 Å². The van der Waals surface area contributed by atoms with Gasteiger partial charge in [-0.25, -0.2) is 0 Å². The zero-order valence-electron chi connectivity index (χ0n) is 19.0. The molecule has 1 heterocycles. The summed E-state index contributed by atoms with van der Waals surface area (Å²) in [5.41, 5.74) is 4.00. The number of carbonyl (C=O) groups is 2. The minimum atomic E-state index is -1.16. The maximum absolute atomic E-state index is 12.4. The number of benzene rings is 2. The fourth-order valence-electron chi connectivity index (χ4n) is 4.23. The van der Waals surface area contributed by atoms with E-state index in [4.69, 9.17) is 18.9 Å². The Hall–Kier alpha value is -3.02. The molecule has 0 saturated carbocycles. The number of hydrogen-bond donors (Lipinski definition) is 0. The van der Waals surface area contributed by atoms with Crippen LogP contribution in [-0.2, 0) is 32.1 Å². The van der Waals surface area contributed by atoms with Crippen LogP contribution < -0.4 is 9.47 Å². The van der Waals surface area contributed by atoms with E-state index in [9.17, 15) is 9.59 Å². The average molecular weight is 427 g/mol. The van der Waals surface area contributed by atoms with E-state index in [2.05, 4.69) is 0 Å². The smallest absolute Gasteiger partial charge is 0.324 e. The van der Waals surface area contributed by atoms with Crippen LogP contribution in [0.2, 0.25) is 0 Å². The summed E-state index contributed by atoms with van der Waals surface area (Å²) in [5, 5.41) is 0. The van der Waals surface area contributed by atoms with Crippen molar-refractivity contribution >= 4 is 11.9 Å². The summed E-state index contributed by atoms with van der Waals surface area (Å²) >= 11 is 0. The lowest BCUT2D eigenvalue weighted by atomic mass is 9.79. The summed E-state index contributed by atoms with van der Waals surface area (Å²) in [6.45, 7) is 8.23. The van der Waals surface area contributed by atoms with Gasteiger partial charge in [-0.3, -0.25) is 9.59 Å². The Labute approximate surface area is 183 Å². The van der Waals surface area contributed by atoms with Gasteiger partial charge in [0.25, 0.3) is 0 Å². The Morgan fingerprint density at radius 3 is 2.19 bits per heavy atom. The molecule has 166 valence electrons. The molecule has 0 fully saturated rings. The molecule has 0 saturated heterocycles. The van der Waals surface area contributed by atoms with Crippen molar-refractivity contribution in [3.8, 4) is 11.5 Å². The zero-order valence-corrected chi connectivity index (χ0v) is 19.0. The molecular weight excluding hydrogens is 396 g/mol. The molecule has 0 aromatic heterocycles. The summed E-state index contributed by atoms with van der Waals surface area (Å²) in [4.78, 5) is 24.8. The van der Waals surface area contributed by atoms with Crippen molar-refractivity contribution < 1.29 is 28.5 Å². The normalized spacial score (nSPS) is 17.5.